The molecule has 1 fully saturated rings. The molecule has 1 atom stereocenters. The molecule has 34 heavy (non-hydrogen) atoms. The van der Waals surface area contributed by atoms with Crippen LogP contribution in [0, 0.1) is 0 Å². The van der Waals surface area contributed by atoms with Crippen molar-refractivity contribution < 1.29 is 18.0 Å². The van der Waals surface area contributed by atoms with Crippen LogP contribution in [0.4, 0.5) is 13.2 Å². The van der Waals surface area contributed by atoms with E-state index >= 15 is 0 Å². The lowest BCUT2D eigenvalue weighted by Gasteiger charge is -2.35. The van der Waals surface area contributed by atoms with Crippen molar-refractivity contribution in [3.05, 3.63) is 78.0 Å². The Balaban J connectivity index is 1.42. The lowest BCUT2D eigenvalue weighted by Crippen LogP contribution is -2.50. The average Bonchev–Trinajstić information content (AvgIpc) is 2.84. The summed E-state index contributed by atoms with van der Waals surface area (Å²) in [6, 6.07) is 19.7. The zero-order valence-corrected chi connectivity index (χ0v) is 19.5. The van der Waals surface area contributed by atoms with Gasteiger partial charge in [0, 0.05) is 38.3 Å². The number of benzene rings is 2. The maximum absolute atomic E-state index is 13.5. The molecule has 1 aliphatic rings. The summed E-state index contributed by atoms with van der Waals surface area (Å²) in [6.45, 7) is 5.17. The van der Waals surface area contributed by atoms with Crippen LogP contribution in [0.3, 0.4) is 0 Å². The second-order valence-electron chi connectivity index (χ2n) is 8.13. The second kappa shape index (κ2) is 10.6. The molecule has 0 aliphatic carbocycles. The van der Waals surface area contributed by atoms with Gasteiger partial charge in [-0.3, -0.25) is 9.69 Å². The monoisotopic (exact) mass is 486 g/mol. The normalized spacial score (nSPS) is 15.8. The lowest BCUT2D eigenvalue weighted by atomic mass is 10.1. The first-order valence-corrected chi connectivity index (χ1v) is 11.9. The predicted octanol–water partition coefficient (Wildman–Crippen LogP) is 4.99. The first kappa shape index (κ1) is 24.2. The number of thioether (sulfide) groups is 1. The molecule has 2 heterocycles. The quantitative estimate of drug-likeness (QED) is 0.363. The average molecular weight is 487 g/mol. The molecule has 0 radical (unpaired) electrons. The highest BCUT2D eigenvalue weighted by Crippen LogP contribution is 2.33. The molecule has 9 heteroatoms. The molecule has 0 bridgehead atoms. The van der Waals surface area contributed by atoms with Crippen LogP contribution in [-0.2, 0) is 17.5 Å². The number of hydrogen-bond donors (Lipinski definition) is 0. The summed E-state index contributed by atoms with van der Waals surface area (Å²) in [7, 11) is 0. The smallest absolute Gasteiger partial charge is 0.339 e. The minimum absolute atomic E-state index is 0.0581. The Morgan fingerprint density at radius 3 is 2.21 bits per heavy atom. The third-order valence-electron chi connectivity index (χ3n) is 5.63. The number of halogens is 3. The highest BCUT2D eigenvalue weighted by Gasteiger charge is 2.34. The molecule has 3 aromatic rings. The van der Waals surface area contributed by atoms with Crippen molar-refractivity contribution in [2.75, 3.05) is 26.2 Å². The van der Waals surface area contributed by atoms with Gasteiger partial charge in [0.15, 0.2) is 5.16 Å². The summed E-state index contributed by atoms with van der Waals surface area (Å²) >= 11 is 0.961. The number of alkyl halides is 3. The molecule has 5 nitrogen and oxygen atoms in total. The van der Waals surface area contributed by atoms with Gasteiger partial charge in [-0.1, -0.05) is 72.4 Å². The highest BCUT2D eigenvalue weighted by molar-refractivity contribution is 8.00. The summed E-state index contributed by atoms with van der Waals surface area (Å²) < 4.78 is 40.4. The molecular weight excluding hydrogens is 461 g/mol. The van der Waals surface area contributed by atoms with Crippen LogP contribution in [-0.4, -0.2) is 57.1 Å². The zero-order valence-electron chi connectivity index (χ0n) is 18.7. The van der Waals surface area contributed by atoms with Crippen molar-refractivity contribution in [3.63, 3.8) is 0 Å². The third-order valence-corrected chi connectivity index (χ3v) is 6.58. The summed E-state index contributed by atoms with van der Waals surface area (Å²) in [6.07, 6.45) is -4.61. The topological polar surface area (TPSA) is 49.3 Å². The fourth-order valence-corrected chi connectivity index (χ4v) is 4.68. The fraction of sp³-hybridized carbons (Fsp3) is 0.320. The fourth-order valence-electron chi connectivity index (χ4n) is 3.81. The van der Waals surface area contributed by atoms with E-state index in [1.165, 1.54) is 5.56 Å². The molecule has 2 aromatic carbocycles. The Hall–Kier alpha value is -2.91. The van der Waals surface area contributed by atoms with Gasteiger partial charge in [0.1, 0.15) is 5.69 Å². The van der Waals surface area contributed by atoms with E-state index < -0.39 is 17.1 Å². The van der Waals surface area contributed by atoms with Crippen molar-refractivity contribution in [2.24, 2.45) is 0 Å². The standard InChI is InChI=1S/C25H25F3N4OS/c1-18(23(33)32-14-12-31(13-15-32)17-19-8-4-2-5-9-19)34-24-29-21(20-10-6-3-7-11-20)16-22(30-24)25(26,27)28/h2-11,16,18H,12-15,17H2,1H3. The van der Waals surface area contributed by atoms with Gasteiger partial charge in [-0.2, -0.15) is 13.2 Å². The maximum Gasteiger partial charge on any atom is 0.433 e. The van der Waals surface area contributed by atoms with Crippen molar-refractivity contribution >= 4 is 17.7 Å². The Morgan fingerprint density at radius 2 is 1.59 bits per heavy atom. The van der Waals surface area contributed by atoms with Crippen LogP contribution in [0.15, 0.2) is 71.9 Å². The minimum Gasteiger partial charge on any atom is -0.339 e. The Morgan fingerprint density at radius 1 is 0.971 bits per heavy atom. The van der Waals surface area contributed by atoms with Crippen molar-refractivity contribution in [2.45, 2.75) is 30.1 Å². The Labute approximate surface area is 201 Å². The SMILES string of the molecule is CC(Sc1nc(-c2ccccc2)cc(C(F)(F)F)n1)C(=O)N1CCN(Cc2ccccc2)CC1. The number of rotatable bonds is 6. The van der Waals surface area contributed by atoms with Gasteiger partial charge in [-0.15, -0.1) is 0 Å². The van der Waals surface area contributed by atoms with Crippen LogP contribution in [0.1, 0.15) is 18.2 Å². The molecule has 1 saturated heterocycles. The van der Waals surface area contributed by atoms with Gasteiger partial charge in [-0.25, -0.2) is 9.97 Å². The van der Waals surface area contributed by atoms with Crippen LogP contribution < -0.4 is 0 Å². The highest BCUT2D eigenvalue weighted by atomic mass is 32.2. The summed E-state index contributed by atoms with van der Waals surface area (Å²) in [5, 5.41) is -0.662. The molecule has 4 rings (SSSR count). The van der Waals surface area contributed by atoms with E-state index in [4.69, 9.17) is 0 Å². The number of carbonyl (C=O) groups is 1. The van der Waals surface area contributed by atoms with Gasteiger partial charge >= 0.3 is 6.18 Å². The van der Waals surface area contributed by atoms with E-state index in [1.807, 2.05) is 18.2 Å². The van der Waals surface area contributed by atoms with E-state index in [0.717, 1.165) is 37.5 Å². The zero-order chi connectivity index (χ0) is 24.1. The molecule has 1 unspecified atom stereocenters. The van der Waals surface area contributed by atoms with Crippen molar-refractivity contribution in [1.82, 2.24) is 19.8 Å². The van der Waals surface area contributed by atoms with Crippen LogP contribution >= 0.6 is 11.8 Å². The summed E-state index contributed by atoms with van der Waals surface area (Å²) in [4.78, 5) is 25.1. The van der Waals surface area contributed by atoms with E-state index in [9.17, 15) is 18.0 Å². The van der Waals surface area contributed by atoms with Gasteiger partial charge in [0.2, 0.25) is 5.91 Å². The van der Waals surface area contributed by atoms with E-state index in [2.05, 4.69) is 27.0 Å². The van der Waals surface area contributed by atoms with Crippen molar-refractivity contribution in [1.29, 1.82) is 0 Å². The van der Waals surface area contributed by atoms with Gasteiger partial charge in [-0.05, 0) is 18.6 Å². The number of amides is 1. The van der Waals surface area contributed by atoms with E-state index in [1.54, 1.807) is 42.2 Å². The first-order valence-electron chi connectivity index (χ1n) is 11.0. The van der Waals surface area contributed by atoms with Crippen LogP contribution in [0.2, 0.25) is 0 Å². The first-order chi connectivity index (χ1) is 16.3. The number of nitrogens with zero attached hydrogens (tertiary/aromatic N) is 4. The van der Waals surface area contributed by atoms with Gasteiger partial charge in [0.05, 0.1) is 10.9 Å². The second-order valence-corrected chi connectivity index (χ2v) is 9.44. The van der Waals surface area contributed by atoms with E-state index in [0.29, 0.717) is 18.7 Å². The van der Waals surface area contributed by atoms with Crippen LogP contribution in [0.25, 0.3) is 11.3 Å². The summed E-state index contributed by atoms with van der Waals surface area (Å²) in [5.74, 6) is -0.119. The molecule has 0 N–H and O–H groups in total. The number of aromatic nitrogens is 2. The Kier molecular flexibility index (Phi) is 7.53. The van der Waals surface area contributed by atoms with E-state index in [-0.39, 0.29) is 16.8 Å². The lowest BCUT2D eigenvalue weighted by molar-refractivity contribution is -0.141. The maximum atomic E-state index is 13.5. The Bertz CT molecular complexity index is 1100. The third kappa shape index (κ3) is 6.15. The number of piperazine rings is 1. The van der Waals surface area contributed by atoms with Gasteiger partial charge < -0.3 is 4.90 Å². The summed E-state index contributed by atoms with van der Waals surface area (Å²) in [5.41, 5.74) is 0.950. The minimum atomic E-state index is -4.61. The van der Waals surface area contributed by atoms with Crippen LogP contribution in [0.5, 0.6) is 0 Å². The predicted molar refractivity (Wildman–Crippen MR) is 126 cm³/mol. The molecular formula is C25H25F3N4OS. The number of carbonyl (C=O) groups excluding carboxylic acids is 1. The molecule has 1 aliphatic heterocycles. The molecule has 178 valence electrons. The molecule has 0 spiro atoms. The largest absolute Gasteiger partial charge is 0.433 e. The molecule has 1 aromatic heterocycles. The molecule has 0 saturated carbocycles. The van der Waals surface area contributed by atoms with Gasteiger partial charge in [0.25, 0.3) is 0 Å². The number of hydrogen-bond acceptors (Lipinski definition) is 5. The van der Waals surface area contributed by atoms with Crippen molar-refractivity contribution in [3.8, 4) is 11.3 Å². The molecule has 1 amide bonds.